The zero-order valence-corrected chi connectivity index (χ0v) is 23.6. The Kier molecular flexibility index (Phi) is 26.7. The van der Waals surface area contributed by atoms with Gasteiger partial charge in [-0.05, 0) is 38.5 Å². The summed E-state index contributed by atoms with van der Waals surface area (Å²) in [7, 11) is 0. The molecule has 208 valence electrons. The van der Waals surface area contributed by atoms with Crippen LogP contribution in [0.25, 0.3) is 0 Å². The molecule has 0 saturated heterocycles. The Morgan fingerprint density at radius 2 is 0.857 bits per heavy atom. The van der Waals surface area contributed by atoms with E-state index in [1.165, 1.54) is 103 Å². The summed E-state index contributed by atoms with van der Waals surface area (Å²) in [5.74, 6) is -0.757. The number of aliphatic carboxylic acids is 1. The molecule has 35 heavy (non-hydrogen) atoms. The zero-order valence-electron chi connectivity index (χ0n) is 23.6. The van der Waals surface area contributed by atoms with Crippen LogP contribution in [0, 0.1) is 0 Å². The highest BCUT2D eigenvalue weighted by Gasteiger charge is 2.14. The molecule has 0 radical (unpaired) electrons. The molecule has 1 unspecified atom stereocenters. The minimum Gasteiger partial charge on any atom is -0.481 e. The molecule has 0 aromatic heterocycles. The van der Waals surface area contributed by atoms with E-state index in [1.807, 2.05) is 0 Å². The lowest BCUT2D eigenvalue weighted by Gasteiger charge is -2.18. The molecule has 0 fully saturated rings. The molecule has 0 saturated carbocycles. The number of hydrogen-bond donors (Lipinski definition) is 1. The molecular formula is C31H60O4. The van der Waals surface area contributed by atoms with Crippen molar-refractivity contribution in [2.75, 3.05) is 0 Å². The molecule has 1 N–H and O–H groups in total. The fourth-order valence-corrected chi connectivity index (χ4v) is 4.77. The molecule has 0 bridgehead atoms. The van der Waals surface area contributed by atoms with Crippen molar-refractivity contribution in [1.29, 1.82) is 0 Å². The summed E-state index contributed by atoms with van der Waals surface area (Å²) < 4.78 is 5.86. The summed E-state index contributed by atoms with van der Waals surface area (Å²) >= 11 is 0. The molecule has 0 heterocycles. The van der Waals surface area contributed by atoms with Crippen molar-refractivity contribution in [3.05, 3.63) is 0 Å². The zero-order chi connectivity index (χ0) is 25.8. The van der Waals surface area contributed by atoms with Crippen molar-refractivity contribution < 1.29 is 19.4 Å². The first-order valence-corrected chi connectivity index (χ1v) is 15.5. The maximum absolute atomic E-state index is 12.4. The summed E-state index contributed by atoms with van der Waals surface area (Å²) in [5, 5.41) is 8.79. The highest BCUT2D eigenvalue weighted by atomic mass is 16.5. The second kappa shape index (κ2) is 27.5. The van der Waals surface area contributed by atoms with Crippen LogP contribution in [0.3, 0.4) is 0 Å². The average molecular weight is 497 g/mol. The van der Waals surface area contributed by atoms with E-state index in [1.54, 1.807) is 0 Å². The lowest BCUT2D eigenvalue weighted by molar-refractivity contribution is -0.150. The van der Waals surface area contributed by atoms with Crippen LogP contribution < -0.4 is 0 Å². The smallest absolute Gasteiger partial charge is 0.306 e. The fourth-order valence-electron chi connectivity index (χ4n) is 4.77. The van der Waals surface area contributed by atoms with E-state index in [9.17, 15) is 9.59 Å². The summed E-state index contributed by atoms with van der Waals surface area (Å²) in [6, 6.07) is 0. The Morgan fingerprint density at radius 3 is 1.29 bits per heavy atom. The summed E-state index contributed by atoms with van der Waals surface area (Å²) in [5.41, 5.74) is 0. The number of carbonyl (C=O) groups is 2. The first kappa shape index (κ1) is 33.9. The molecule has 0 spiro atoms. The molecule has 4 heteroatoms. The summed E-state index contributed by atoms with van der Waals surface area (Å²) in [6.45, 7) is 4.50. The number of esters is 1. The number of ether oxygens (including phenoxy) is 1. The SMILES string of the molecule is CCCCCCCCCCCCCCCC(=O)OC(CCCCCCCC)CCCCCC(=O)O. The van der Waals surface area contributed by atoms with Gasteiger partial charge in [0.05, 0.1) is 0 Å². The van der Waals surface area contributed by atoms with Crippen LogP contribution in [0.15, 0.2) is 0 Å². The number of carboxylic acid groups (broad SMARTS) is 1. The first-order chi connectivity index (χ1) is 17.1. The molecule has 0 aliphatic rings. The van der Waals surface area contributed by atoms with Gasteiger partial charge < -0.3 is 9.84 Å². The van der Waals surface area contributed by atoms with E-state index >= 15 is 0 Å². The van der Waals surface area contributed by atoms with E-state index in [4.69, 9.17) is 9.84 Å². The Bertz CT molecular complexity index is 463. The van der Waals surface area contributed by atoms with E-state index in [0.717, 1.165) is 44.9 Å². The maximum Gasteiger partial charge on any atom is 0.306 e. The van der Waals surface area contributed by atoms with Crippen molar-refractivity contribution in [1.82, 2.24) is 0 Å². The Balaban J connectivity index is 3.86. The molecular weight excluding hydrogens is 436 g/mol. The second-order valence-corrected chi connectivity index (χ2v) is 10.7. The number of carbonyl (C=O) groups excluding carboxylic acids is 1. The lowest BCUT2D eigenvalue weighted by atomic mass is 10.0. The molecule has 0 aromatic carbocycles. The maximum atomic E-state index is 12.4. The third kappa shape index (κ3) is 27.4. The predicted molar refractivity (Wildman–Crippen MR) is 149 cm³/mol. The van der Waals surface area contributed by atoms with Gasteiger partial charge in [-0.15, -0.1) is 0 Å². The second-order valence-electron chi connectivity index (χ2n) is 10.7. The quantitative estimate of drug-likeness (QED) is 0.0864. The third-order valence-electron chi connectivity index (χ3n) is 7.08. The molecule has 0 aromatic rings. The van der Waals surface area contributed by atoms with Gasteiger partial charge in [-0.2, -0.15) is 0 Å². The van der Waals surface area contributed by atoms with Gasteiger partial charge >= 0.3 is 11.9 Å². The Labute approximate surface area is 218 Å². The van der Waals surface area contributed by atoms with Gasteiger partial charge in [0.15, 0.2) is 0 Å². The van der Waals surface area contributed by atoms with Gasteiger partial charge in [-0.25, -0.2) is 0 Å². The standard InChI is InChI=1S/C31H60O4/c1-3-5-7-9-11-12-13-14-15-16-17-19-24-28-31(34)35-29(25-21-18-10-8-6-4-2)26-22-20-23-27-30(32)33/h29H,3-28H2,1-2H3,(H,32,33). The van der Waals surface area contributed by atoms with E-state index in [0.29, 0.717) is 12.8 Å². The monoisotopic (exact) mass is 496 g/mol. The van der Waals surface area contributed by atoms with Crippen molar-refractivity contribution >= 4 is 11.9 Å². The lowest BCUT2D eigenvalue weighted by Crippen LogP contribution is -2.18. The topological polar surface area (TPSA) is 63.6 Å². The van der Waals surface area contributed by atoms with Gasteiger partial charge in [0.1, 0.15) is 6.10 Å². The fraction of sp³-hybridized carbons (Fsp3) is 0.935. The number of rotatable bonds is 28. The van der Waals surface area contributed by atoms with Crippen LogP contribution in [0.4, 0.5) is 0 Å². The normalized spacial score (nSPS) is 12.1. The van der Waals surface area contributed by atoms with E-state index in [-0.39, 0.29) is 18.5 Å². The van der Waals surface area contributed by atoms with Crippen LogP contribution in [-0.2, 0) is 14.3 Å². The molecule has 0 amide bonds. The minimum absolute atomic E-state index is 0.0143. The Hall–Kier alpha value is -1.06. The number of carboxylic acids is 1. The van der Waals surface area contributed by atoms with Crippen molar-refractivity contribution in [3.63, 3.8) is 0 Å². The van der Waals surface area contributed by atoms with Crippen LogP contribution in [0.1, 0.15) is 181 Å². The molecule has 4 nitrogen and oxygen atoms in total. The van der Waals surface area contributed by atoms with Gasteiger partial charge in [0.25, 0.3) is 0 Å². The molecule has 0 aliphatic heterocycles. The molecule has 0 aliphatic carbocycles. The van der Waals surface area contributed by atoms with Gasteiger partial charge in [0.2, 0.25) is 0 Å². The first-order valence-electron chi connectivity index (χ1n) is 15.5. The molecule has 0 rings (SSSR count). The van der Waals surface area contributed by atoms with Crippen LogP contribution >= 0.6 is 0 Å². The molecule has 1 atom stereocenters. The largest absolute Gasteiger partial charge is 0.481 e. The minimum atomic E-state index is -0.724. The average Bonchev–Trinajstić information content (AvgIpc) is 2.83. The van der Waals surface area contributed by atoms with Crippen LogP contribution in [0.2, 0.25) is 0 Å². The van der Waals surface area contributed by atoms with E-state index in [2.05, 4.69) is 13.8 Å². The summed E-state index contributed by atoms with van der Waals surface area (Å²) in [4.78, 5) is 23.1. The van der Waals surface area contributed by atoms with Gasteiger partial charge in [0, 0.05) is 12.8 Å². The summed E-state index contributed by atoms with van der Waals surface area (Å²) in [6.07, 6.45) is 29.7. The van der Waals surface area contributed by atoms with Crippen molar-refractivity contribution in [3.8, 4) is 0 Å². The van der Waals surface area contributed by atoms with Crippen LogP contribution in [0.5, 0.6) is 0 Å². The predicted octanol–water partition coefficient (Wildman–Crippen LogP) is 10.2. The third-order valence-corrected chi connectivity index (χ3v) is 7.08. The van der Waals surface area contributed by atoms with Gasteiger partial charge in [-0.3, -0.25) is 9.59 Å². The van der Waals surface area contributed by atoms with Crippen LogP contribution in [-0.4, -0.2) is 23.1 Å². The van der Waals surface area contributed by atoms with E-state index < -0.39 is 5.97 Å². The Morgan fingerprint density at radius 1 is 0.514 bits per heavy atom. The highest BCUT2D eigenvalue weighted by molar-refractivity contribution is 5.69. The number of hydrogen-bond acceptors (Lipinski definition) is 3. The van der Waals surface area contributed by atoms with Gasteiger partial charge in [-0.1, -0.05) is 129 Å². The van der Waals surface area contributed by atoms with Crippen molar-refractivity contribution in [2.24, 2.45) is 0 Å². The number of unbranched alkanes of at least 4 members (excludes halogenated alkanes) is 19. The van der Waals surface area contributed by atoms with Crippen molar-refractivity contribution in [2.45, 2.75) is 187 Å². The highest BCUT2D eigenvalue weighted by Crippen LogP contribution is 2.18.